The summed E-state index contributed by atoms with van der Waals surface area (Å²) in [6, 6.07) is 3.01. The molecule has 2 heterocycles. The van der Waals surface area contributed by atoms with Crippen LogP contribution in [0.15, 0.2) is 18.2 Å². The van der Waals surface area contributed by atoms with Gasteiger partial charge in [0.05, 0.1) is 28.6 Å². The Morgan fingerprint density at radius 2 is 1.93 bits per heavy atom. The smallest absolute Gasteiger partial charge is 0.310 e. The Labute approximate surface area is 176 Å². The summed E-state index contributed by atoms with van der Waals surface area (Å²) in [5.41, 5.74) is 0.0687. The Hall–Kier alpha value is -2.36. The standard InChI is InChI=1S/C18H19Cl2N3O6/c19-9-3-1-4-10(20)15(9)17(27)21-8-13(24)23-6-2-5-12(23)16(26)22-11-7-14(25)29-18(11)28/h1,3-4,11-12,18,28H,2,5-8H2,(H,21,27)(H,22,26)/t11-,12-,18+/m0/s1. The fourth-order valence-corrected chi connectivity index (χ4v) is 3.91. The van der Waals surface area contributed by atoms with E-state index in [-0.39, 0.29) is 28.6 Å². The fourth-order valence-electron chi connectivity index (χ4n) is 3.34. The van der Waals surface area contributed by atoms with Crippen LogP contribution in [-0.2, 0) is 19.1 Å². The molecule has 1 aromatic carbocycles. The lowest BCUT2D eigenvalue weighted by atomic mass is 10.1. The molecule has 2 fully saturated rings. The van der Waals surface area contributed by atoms with Gasteiger partial charge in [0.2, 0.25) is 18.1 Å². The van der Waals surface area contributed by atoms with Crippen LogP contribution >= 0.6 is 23.2 Å². The van der Waals surface area contributed by atoms with Gasteiger partial charge in [-0.2, -0.15) is 0 Å². The van der Waals surface area contributed by atoms with Gasteiger partial charge in [0, 0.05) is 6.54 Å². The maximum atomic E-state index is 12.6. The molecular weight excluding hydrogens is 425 g/mol. The highest BCUT2D eigenvalue weighted by Crippen LogP contribution is 2.24. The van der Waals surface area contributed by atoms with Gasteiger partial charge in [0.15, 0.2) is 0 Å². The average Bonchev–Trinajstić information content (AvgIpc) is 3.26. The lowest BCUT2D eigenvalue weighted by molar-refractivity contribution is -0.155. The van der Waals surface area contributed by atoms with Crippen LogP contribution in [-0.4, -0.2) is 65.2 Å². The molecule has 3 N–H and O–H groups in total. The van der Waals surface area contributed by atoms with E-state index in [0.29, 0.717) is 19.4 Å². The third-order valence-electron chi connectivity index (χ3n) is 4.78. The Bertz CT molecular complexity index is 829. The Morgan fingerprint density at radius 1 is 1.24 bits per heavy atom. The maximum Gasteiger partial charge on any atom is 0.310 e. The topological polar surface area (TPSA) is 125 Å². The van der Waals surface area contributed by atoms with Crippen LogP contribution < -0.4 is 10.6 Å². The second kappa shape index (κ2) is 8.98. The number of nitrogens with zero attached hydrogens (tertiary/aromatic N) is 1. The molecule has 0 bridgehead atoms. The van der Waals surface area contributed by atoms with Gasteiger partial charge in [-0.05, 0) is 25.0 Å². The van der Waals surface area contributed by atoms with E-state index in [1.165, 1.54) is 17.0 Å². The molecule has 2 aliphatic rings. The lowest BCUT2D eigenvalue weighted by Gasteiger charge is -2.25. The lowest BCUT2D eigenvalue weighted by Crippen LogP contribution is -2.52. The molecule has 11 heteroatoms. The van der Waals surface area contributed by atoms with Gasteiger partial charge < -0.3 is 25.4 Å². The number of halogens is 2. The molecule has 0 aliphatic carbocycles. The van der Waals surface area contributed by atoms with Gasteiger partial charge >= 0.3 is 5.97 Å². The van der Waals surface area contributed by atoms with Crippen molar-refractivity contribution in [3.63, 3.8) is 0 Å². The fraction of sp³-hybridized carbons (Fsp3) is 0.444. The number of esters is 1. The van der Waals surface area contributed by atoms with Crippen molar-refractivity contribution in [3.8, 4) is 0 Å². The van der Waals surface area contributed by atoms with Crippen LogP contribution in [0, 0.1) is 0 Å². The van der Waals surface area contributed by atoms with Crippen molar-refractivity contribution in [1.29, 1.82) is 0 Å². The van der Waals surface area contributed by atoms with Gasteiger partial charge in [-0.1, -0.05) is 29.3 Å². The molecule has 3 amide bonds. The van der Waals surface area contributed by atoms with Crippen molar-refractivity contribution < 1.29 is 29.0 Å². The maximum absolute atomic E-state index is 12.6. The highest BCUT2D eigenvalue weighted by atomic mass is 35.5. The van der Waals surface area contributed by atoms with Gasteiger partial charge in [-0.3, -0.25) is 19.2 Å². The number of nitrogens with one attached hydrogen (secondary N) is 2. The first-order valence-electron chi connectivity index (χ1n) is 8.97. The second-order valence-electron chi connectivity index (χ2n) is 6.72. The number of carbonyl (C=O) groups is 4. The molecule has 3 rings (SSSR count). The highest BCUT2D eigenvalue weighted by Gasteiger charge is 2.39. The number of rotatable bonds is 5. The third kappa shape index (κ3) is 4.80. The van der Waals surface area contributed by atoms with Crippen molar-refractivity contribution in [2.24, 2.45) is 0 Å². The number of hydrogen-bond acceptors (Lipinski definition) is 6. The minimum Gasteiger partial charge on any atom is -0.434 e. The predicted octanol–water partition coefficient (Wildman–Crippen LogP) is 0.464. The molecule has 156 valence electrons. The summed E-state index contributed by atoms with van der Waals surface area (Å²) < 4.78 is 4.59. The number of ether oxygens (including phenoxy) is 1. The van der Waals surface area contributed by atoms with E-state index in [2.05, 4.69) is 15.4 Å². The Kier molecular flexibility index (Phi) is 6.61. The molecule has 0 radical (unpaired) electrons. The van der Waals surface area contributed by atoms with Crippen molar-refractivity contribution in [2.45, 2.75) is 37.6 Å². The summed E-state index contributed by atoms with van der Waals surface area (Å²) in [5.74, 6) is -2.14. The molecule has 0 unspecified atom stereocenters. The van der Waals surface area contributed by atoms with Gasteiger partial charge in [-0.15, -0.1) is 0 Å². The number of amides is 3. The first kappa shape index (κ1) is 21.4. The van der Waals surface area contributed by atoms with Crippen molar-refractivity contribution in [3.05, 3.63) is 33.8 Å². The van der Waals surface area contributed by atoms with E-state index >= 15 is 0 Å². The molecule has 9 nitrogen and oxygen atoms in total. The number of carbonyl (C=O) groups excluding carboxylic acids is 4. The van der Waals surface area contributed by atoms with Gasteiger partial charge in [0.1, 0.15) is 12.1 Å². The summed E-state index contributed by atoms with van der Waals surface area (Å²) in [6.45, 7) is 0.0140. The number of hydrogen-bond donors (Lipinski definition) is 3. The van der Waals surface area contributed by atoms with Crippen LogP contribution in [0.25, 0.3) is 0 Å². The van der Waals surface area contributed by atoms with Gasteiger partial charge in [-0.25, -0.2) is 0 Å². The summed E-state index contributed by atoms with van der Waals surface area (Å²) in [4.78, 5) is 49.9. The van der Waals surface area contributed by atoms with Crippen LogP contribution in [0.3, 0.4) is 0 Å². The van der Waals surface area contributed by atoms with E-state index in [1.54, 1.807) is 6.07 Å². The van der Waals surface area contributed by atoms with E-state index in [4.69, 9.17) is 23.2 Å². The number of cyclic esters (lactones) is 1. The first-order valence-corrected chi connectivity index (χ1v) is 9.73. The number of likely N-dealkylation sites (tertiary alicyclic amines) is 1. The highest BCUT2D eigenvalue weighted by molar-refractivity contribution is 6.39. The monoisotopic (exact) mass is 443 g/mol. The van der Waals surface area contributed by atoms with Crippen LogP contribution in [0.4, 0.5) is 0 Å². The molecule has 0 saturated carbocycles. The molecule has 0 aromatic heterocycles. The molecule has 29 heavy (non-hydrogen) atoms. The quantitative estimate of drug-likeness (QED) is 0.567. The zero-order chi connectivity index (χ0) is 21.1. The zero-order valence-electron chi connectivity index (χ0n) is 15.2. The largest absolute Gasteiger partial charge is 0.434 e. The Balaban J connectivity index is 1.58. The first-order chi connectivity index (χ1) is 13.8. The van der Waals surface area contributed by atoms with Crippen LogP contribution in [0.5, 0.6) is 0 Å². The Morgan fingerprint density at radius 3 is 2.55 bits per heavy atom. The van der Waals surface area contributed by atoms with E-state index < -0.39 is 42.1 Å². The predicted molar refractivity (Wildman–Crippen MR) is 102 cm³/mol. The number of aliphatic hydroxyl groups excluding tert-OH is 1. The normalized spacial score (nSPS) is 23.6. The zero-order valence-corrected chi connectivity index (χ0v) is 16.7. The minimum absolute atomic E-state index is 0.0687. The SMILES string of the molecule is O=C1C[C@H](NC(=O)[C@@H]2CCCN2C(=O)CNC(=O)c2c(Cl)cccc2Cl)[C@H](O)O1. The molecule has 3 atom stereocenters. The van der Waals surface area contributed by atoms with E-state index in [1.807, 2.05) is 0 Å². The van der Waals surface area contributed by atoms with Crippen molar-refractivity contribution in [2.75, 3.05) is 13.1 Å². The molecule has 2 aliphatic heterocycles. The average molecular weight is 444 g/mol. The summed E-state index contributed by atoms with van der Waals surface area (Å²) in [5, 5.41) is 14.9. The third-order valence-corrected chi connectivity index (χ3v) is 5.41. The summed E-state index contributed by atoms with van der Waals surface area (Å²) in [6.07, 6.45) is -0.505. The molecular formula is C18H19Cl2N3O6. The second-order valence-corrected chi connectivity index (χ2v) is 7.54. The molecule has 0 spiro atoms. The summed E-state index contributed by atoms with van der Waals surface area (Å²) in [7, 11) is 0. The number of benzene rings is 1. The summed E-state index contributed by atoms with van der Waals surface area (Å²) >= 11 is 12.0. The minimum atomic E-state index is -1.41. The molecule has 2 saturated heterocycles. The number of aliphatic hydroxyl groups is 1. The molecule has 1 aromatic rings. The van der Waals surface area contributed by atoms with Crippen molar-refractivity contribution in [1.82, 2.24) is 15.5 Å². The van der Waals surface area contributed by atoms with E-state index in [0.717, 1.165) is 0 Å². The van der Waals surface area contributed by atoms with Gasteiger partial charge in [0.25, 0.3) is 5.91 Å². The van der Waals surface area contributed by atoms with Crippen molar-refractivity contribution >= 4 is 46.9 Å². The van der Waals surface area contributed by atoms with Crippen LogP contribution in [0.1, 0.15) is 29.6 Å². The van der Waals surface area contributed by atoms with E-state index in [9.17, 15) is 24.3 Å². The van der Waals surface area contributed by atoms with Crippen LogP contribution in [0.2, 0.25) is 10.0 Å².